The van der Waals surface area contributed by atoms with Crippen molar-refractivity contribution in [2.45, 2.75) is 31.7 Å². The molecule has 0 bridgehead atoms. The molecule has 3 aromatic rings. The Hall–Kier alpha value is -2.13. The predicted molar refractivity (Wildman–Crippen MR) is 96.7 cm³/mol. The van der Waals surface area contributed by atoms with E-state index < -0.39 is 0 Å². The minimum Gasteiger partial charge on any atom is -0.361 e. The van der Waals surface area contributed by atoms with Crippen LogP contribution in [0.3, 0.4) is 0 Å². The smallest absolute Gasteiger partial charge is 0.123 e. The Morgan fingerprint density at radius 2 is 1.83 bits per heavy atom. The maximum atomic E-state index is 13.6. The molecule has 0 radical (unpaired) electrons. The molecule has 0 spiro atoms. The Labute approximate surface area is 142 Å². The third kappa shape index (κ3) is 2.84. The van der Waals surface area contributed by atoms with Gasteiger partial charge in [-0.15, -0.1) is 0 Å². The summed E-state index contributed by atoms with van der Waals surface area (Å²) < 4.78 is 13.6. The van der Waals surface area contributed by atoms with Crippen LogP contribution in [0.4, 0.5) is 4.39 Å². The van der Waals surface area contributed by atoms with E-state index >= 15 is 0 Å². The van der Waals surface area contributed by atoms with Gasteiger partial charge < -0.3 is 4.98 Å². The summed E-state index contributed by atoms with van der Waals surface area (Å²) in [6, 6.07) is 16.2. The number of rotatable bonds is 3. The molecule has 0 amide bonds. The van der Waals surface area contributed by atoms with E-state index in [1.807, 2.05) is 6.07 Å². The molecule has 1 saturated heterocycles. The van der Waals surface area contributed by atoms with E-state index in [2.05, 4.69) is 53.3 Å². The van der Waals surface area contributed by atoms with E-state index in [1.165, 1.54) is 17.2 Å². The van der Waals surface area contributed by atoms with Gasteiger partial charge in [-0.3, -0.25) is 4.90 Å². The van der Waals surface area contributed by atoms with Crippen LogP contribution in [0.2, 0.25) is 0 Å². The van der Waals surface area contributed by atoms with Crippen molar-refractivity contribution in [2.75, 3.05) is 13.1 Å². The zero-order chi connectivity index (χ0) is 16.5. The Balaban J connectivity index is 1.48. The molecule has 1 N–H and O–H groups in total. The first-order valence-corrected chi connectivity index (χ1v) is 8.78. The second-order valence-corrected chi connectivity index (χ2v) is 6.83. The summed E-state index contributed by atoms with van der Waals surface area (Å²) >= 11 is 0. The first kappa shape index (κ1) is 15.4. The molecule has 1 atom stereocenters. The van der Waals surface area contributed by atoms with Gasteiger partial charge in [0.05, 0.1) is 0 Å². The number of benzene rings is 2. The van der Waals surface area contributed by atoms with Crippen LogP contribution in [0.5, 0.6) is 0 Å². The molecule has 0 saturated carbocycles. The van der Waals surface area contributed by atoms with E-state index in [1.54, 1.807) is 6.07 Å². The van der Waals surface area contributed by atoms with Gasteiger partial charge in [0.1, 0.15) is 5.82 Å². The monoisotopic (exact) mass is 322 g/mol. The van der Waals surface area contributed by atoms with Crippen molar-refractivity contribution in [3.63, 3.8) is 0 Å². The second-order valence-electron chi connectivity index (χ2n) is 6.83. The fourth-order valence-corrected chi connectivity index (χ4v) is 3.99. The van der Waals surface area contributed by atoms with Crippen LogP contribution in [0.15, 0.2) is 54.7 Å². The molecule has 1 unspecified atom stereocenters. The Morgan fingerprint density at radius 1 is 1.08 bits per heavy atom. The minimum absolute atomic E-state index is 0.154. The lowest BCUT2D eigenvalue weighted by Gasteiger charge is -2.36. The number of aromatic amines is 1. The zero-order valence-corrected chi connectivity index (χ0v) is 14.0. The number of fused-ring (bicyclic) bond motifs is 1. The van der Waals surface area contributed by atoms with Gasteiger partial charge >= 0.3 is 0 Å². The van der Waals surface area contributed by atoms with Crippen LogP contribution < -0.4 is 0 Å². The van der Waals surface area contributed by atoms with Crippen molar-refractivity contribution in [1.29, 1.82) is 0 Å². The highest BCUT2D eigenvalue weighted by atomic mass is 19.1. The molecule has 4 rings (SSSR count). The second kappa shape index (κ2) is 6.40. The highest BCUT2D eigenvalue weighted by Crippen LogP contribution is 2.35. The Morgan fingerprint density at radius 3 is 2.58 bits per heavy atom. The van der Waals surface area contributed by atoms with Gasteiger partial charge in [-0.25, -0.2) is 4.39 Å². The van der Waals surface area contributed by atoms with Crippen molar-refractivity contribution in [3.05, 3.63) is 71.7 Å². The maximum Gasteiger partial charge on any atom is 0.123 e. The third-order valence-electron chi connectivity index (χ3n) is 5.47. The molecule has 24 heavy (non-hydrogen) atoms. The zero-order valence-electron chi connectivity index (χ0n) is 14.0. The van der Waals surface area contributed by atoms with Gasteiger partial charge in [-0.1, -0.05) is 30.3 Å². The fraction of sp³-hybridized carbons (Fsp3) is 0.333. The van der Waals surface area contributed by atoms with Gasteiger partial charge in [-0.05, 0) is 68.1 Å². The quantitative estimate of drug-likeness (QED) is 0.698. The van der Waals surface area contributed by atoms with Crippen molar-refractivity contribution in [3.8, 4) is 0 Å². The SMILES string of the molecule is CC(c1ccccc1)N1CCC(c2c[nH]c3ccc(F)cc23)CC1. The summed E-state index contributed by atoms with van der Waals surface area (Å²) in [6.07, 6.45) is 4.33. The number of piperidine rings is 1. The largest absolute Gasteiger partial charge is 0.361 e. The van der Waals surface area contributed by atoms with Gasteiger partial charge in [0.15, 0.2) is 0 Å². The molecular weight excluding hydrogens is 299 g/mol. The highest BCUT2D eigenvalue weighted by molar-refractivity contribution is 5.83. The predicted octanol–water partition coefficient (Wildman–Crippen LogP) is 5.25. The lowest BCUT2D eigenvalue weighted by molar-refractivity contribution is 0.162. The lowest BCUT2D eigenvalue weighted by Crippen LogP contribution is -2.35. The molecule has 0 aliphatic carbocycles. The standard InChI is InChI=1S/C21H23FN2/c1-15(16-5-3-2-4-6-16)24-11-9-17(10-12-24)20-14-23-21-8-7-18(22)13-19(20)21/h2-8,13-15,17,23H,9-12H2,1H3. The normalized spacial score (nSPS) is 18.1. The maximum absolute atomic E-state index is 13.6. The van der Waals surface area contributed by atoms with Crippen molar-refractivity contribution in [2.24, 2.45) is 0 Å². The van der Waals surface area contributed by atoms with Crippen LogP contribution in [-0.4, -0.2) is 23.0 Å². The van der Waals surface area contributed by atoms with Crippen LogP contribution in [0.1, 0.15) is 42.9 Å². The van der Waals surface area contributed by atoms with Crippen molar-refractivity contribution < 1.29 is 4.39 Å². The van der Waals surface area contributed by atoms with E-state index in [9.17, 15) is 4.39 Å². The number of hydrogen-bond acceptors (Lipinski definition) is 1. The van der Waals surface area contributed by atoms with Crippen LogP contribution in [-0.2, 0) is 0 Å². The van der Waals surface area contributed by atoms with Gasteiger partial charge in [0.25, 0.3) is 0 Å². The number of H-pyrrole nitrogens is 1. The van der Waals surface area contributed by atoms with Crippen molar-refractivity contribution in [1.82, 2.24) is 9.88 Å². The number of hydrogen-bond donors (Lipinski definition) is 1. The van der Waals surface area contributed by atoms with E-state index in [0.29, 0.717) is 12.0 Å². The first-order chi connectivity index (χ1) is 11.7. The number of nitrogens with zero attached hydrogens (tertiary/aromatic N) is 1. The first-order valence-electron chi connectivity index (χ1n) is 8.78. The molecule has 1 fully saturated rings. The summed E-state index contributed by atoms with van der Waals surface area (Å²) in [7, 11) is 0. The van der Waals surface area contributed by atoms with Crippen LogP contribution in [0.25, 0.3) is 10.9 Å². The molecule has 3 heteroatoms. The topological polar surface area (TPSA) is 19.0 Å². The van der Waals surface area contributed by atoms with Gasteiger partial charge in [0, 0.05) is 23.1 Å². The number of halogens is 1. The molecule has 2 aromatic carbocycles. The molecule has 1 aliphatic rings. The minimum atomic E-state index is -0.154. The summed E-state index contributed by atoms with van der Waals surface area (Å²) in [4.78, 5) is 5.85. The number of aromatic nitrogens is 1. The fourth-order valence-electron chi connectivity index (χ4n) is 3.99. The van der Waals surface area contributed by atoms with Gasteiger partial charge in [-0.2, -0.15) is 0 Å². The summed E-state index contributed by atoms with van der Waals surface area (Å²) in [5.41, 5.74) is 3.69. The molecular formula is C21H23FN2. The molecule has 1 aromatic heterocycles. The highest BCUT2D eigenvalue weighted by Gasteiger charge is 2.25. The Kier molecular flexibility index (Phi) is 4.11. The summed E-state index contributed by atoms with van der Waals surface area (Å²) in [6.45, 7) is 4.46. The lowest BCUT2D eigenvalue weighted by atomic mass is 9.88. The van der Waals surface area contributed by atoms with E-state index in [0.717, 1.165) is 36.8 Å². The van der Waals surface area contributed by atoms with E-state index in [4.69, 9.17) is 0 Å². The third-order valence-corrected chi connectivity index (χ3v) is 5.47. The van der Waals surface area contributed by atoms with Gasteiger partial charge in [0.2, 0.25) is 0 Å². The van der Waals surface area contributed by atoms with Crippen LogP contribution in [0, 0.1) is 5.82 Å². The summed E-state index contributed by atoms with van der Waals surface area (Å²) in [5.74, 6) is 0.359. The summed E-state index contributed by atoms with van der Waals surface area (Å²) in [5, 5.41) is 1.05. The average molecular weight is 322 g/mol. The molecule has 124 valence electrons. The number of nitrogens with one attached hydrogen (secondary N) is 1. The molecule has 1 aliphatic heterocycles. The average Bonchev–Trinajstić information content (AvgIpc) is 3.05. The van der Waals surface area contributed by atoms with E-state index in [-0.39, 0.29) is 5.82 Å². The molecule has 2 heterocycles. The Bertz CT molecular complexity index is 816. The number of likely N-dealkylation sites (tertiary alicyclic amines) is 1. The van der Waals surface area contributed by atoms with Crippen LogP contribution >= 0.6 is 0 Å². The molecule has 2 nitrogen and oxygen atoms in total. The van der Waals surface area contributed by atoms with Crippen molar-refractivity contribution >= 4 is 10.9 Å².